The van der Waals surface area contributed by atoms with Gasteiger partial charge in [0.1, 0.15) is 42.9 Å². The number of benzene rings is 4. The summed E-state index contributed by atoms with van der Waals surface area (Å²) < 4.78 is 11.7. The Balaban J connectivity index is 0.00000495. The van der Waals surface area contributed by atoms with Crippen molar-refractivity contribution in [2.24, 2.45) is 17.4 Å². The Morgan fingerprint density at radius 3 is 1.94 bits per heavy atom. The Hall–Kier alpha value is -6.96. The normalized spacial score (nSPS) is 28.1. The molecule has 7 amide bonds. The molecule has 0 unspecified atom stereocenters. The van der Waals surface area contributed by atoms with Gasteiger partial charge in [0.05, 0.1) is 42.2 Å². The molecule has 4 aromatic rings. The van der Waals surface area contributed by atoms with E-state index in [1.807, 2.05) is 25.3 Å². The van der Waals surface area contributed by atoms with Gasteiger partial charge in [-0.25, -0.2) is 0 Å². The first-order valence-electron chi connectivity index (χ1n) is 32.4. The van der Waals surface area contributed by atoms with Crippen molar-refractivity contribution in [3.05, 3.63) is 114 Å². The number of β-amino-alcohol motifs (C(OH)–C–C–N with tert-alkyl or cyclic N) is 1. The van der Waals surface area contributed by atoms with Gasteiger partial charge in [0, 0.05) is 102 Å². The summed E-state index contributed by atoms with van der Waals surface area (Å²) in [5.74, 6) is -8.52. The van der Waals surface area contributed by atoms with E-state index in [1.165, 1.54) is 30.7 Å². The lowest BCUT2D eigenvalue weighted by Gasteiger charge is -2.46. The summed E-state index contributed by atoms with van der Waals surface area (Å²) >= 11 is 0. The van der Waals surface area contributed by atoms with Crippen molar-refractivity contribution in [1.82, 2.24) is 41.3 Å². The second-order valence-electron chi connectivity index (χ2n) is 25.5. The fourth-order valence-electron chi connectivity index (χ4n) is 13.6. The number of phenolic OH excluding ortho intramolecular Hbond substituents is 1. The van der Waals surface area contributed by atoms with Crippen LogP contribution in [0.15, 0.2) is 97.1 Å². The van der Waals surface area contributed by atoms with Crippen molar-refractivity contribution < 1.29 is 78.8 Å². The first-order valence-corrected chi connectivity index (χ1v) is 32.4. The van der Waals surface area contributed by atoms with Crippen molar-refractivity contribution >= 4 is 84.3 Å². The first kappa shape index (κ1) is 79.0. The molecule has 4 heterocycles. The minimum Gasteiger partial charge on any atom is -0.504 e. The molecular weight excluding hydrogens is 1320 g/mol. The SMILES string of the molecule is COC1(c2ccccc2)CCC(N2CCN(c3ccc(-c4ccc(C(=O)N[C@H]5C[C@@H](O)CNC(=O)[C@@H]6[C@@H](O)[C@@H](C)CN6C(=O)[C@H]([C@H](O)CCN)NC(=O)[C@H]([C@H](O)Cc6ccc(O)c(OCCN)c6)NC(=O)[C@@H]6C[C@@H](O)CN6C(=O)[C@H]([C@@H](C)O)NC5=O)cc4)cc3)CC2)CC1.Cl.Cl.Cl. The van der Waals surface area contributed by atoms with Crippen LogP contribution in [0.1, 0.15) is 80.3 Å². The molecule has 5 aliphatic rings. The van der Waals surface area contributed by atoms with Crippen LogP contribution < -0.4 is 47.7 Å². The Morgan fingerprint density at radius 1 is 0.701 bits per heavy atom. The van der Waals surface area contributed by atoms with Gasteiger partial charge < -0.3 is 98.0 Å². The van der Waals surface area contributed by atoms with Gasteiger partial charge in [-0.2, -0.15) is 0 Å². The average molecular weight is 1420 g/mol. The molecule has 27 nitrogen and oxygen atoms in total. The number of aliphatic hydroxyl groups excluding tert-OH is 6. The summed E-state index contributed by atoms with van der Waals surface area (Å²) in [6, 6.07) is 18.8. The number of hydrogen-bond acceptors (Lipinski definition) is 20. The highest BCUT2D eigenvalue weighted by molar-refractivity contribution is 6.00. The number of methoxy groups -OCH3 is 1. The molecular formula is C67H94Cl3N11O16. The smallest absolute Gasteiger partial charge is 0.251 e. The maximum Gasteiger partial charge on any atom is 0.251 e. The number of fused-ring (bicyclic) bond motifs is 2. The number of nitrogens with one attached hydrogen (secondary N) is 5. The van der Waals surface area contributed by atoms with Crippen LogP contribution in [-0.4, -0.2) is 243 Å². The van der Waals surface area contributed by atoms with E-state index in [0.717, 1.165) is 78.5 Å². The third-order valence-corrected chi connectivity index (χ3v) is 19.0. The van der Waals surface area contributed by atoms with Crippen LogP contribution in [0.4, 0.5) is 5.69 Å². The number of nitrogens with two attached hydrogens (primary N) is 2. The van der Waals surface area contributed by atoms with Crippen molar-refractivity contribution in [3.8, 4) is 22.6 Å². The fraction of sp³-hybridized carbons (Fsp3) is 0.537. The highest BCUT2D eigenvalue weighted by atomic mass is 35.5. The summed E-state index contributed by atoms with van der Waals surface area (Å²) in [6.45, 7) is 4.77. The number of anilines is 1. The number of ether oxygens (including phenoxy) is 2. The lowest BCUT2D eigenvalue weighted by Crippen LogP contribution is -2.64. The standard InChI is InChI=1S/C67H91N11O16.3ClH/c1-38-36-78-58(59(38)85)64(90)70-35-47(80)33-49(71-60(86)43-12-10-41(11-13-43)42-14-16-45(17-15-42)75-26-28-76(29-27-75)46-19-22-67(93-3,23-20-46)44-7-5-4-6-8-44)61(87)72-55(39(2)79)65(91)77-37-48(81)34-50(77)62(88)73-56(63(89)74-57(66(78)92)52(83)21-24-68)53(84)31-40-9-18-51(82)54(32-40)94-30-25-69;;;/h4-18,32,38-39,46-50,52-53,55-59,79-85H,19-31,33-37,68-69H2,1-3H3,(H,70,90)(H,71,86)(H,72,87)(H,73,88)(H,74,89);3*1H/t38-,39+,46?,47+,48+,49-,50-,52+,53+,55-,56-,57-,58-,59-,67?;;;/m0.../s1. The van der Waals surface area contributed by atoms with Gasteiger partial charge in [0.2, 0.25) is 35.4 Å². The highest BCUT2D eigenvalue weighted by Crippen LogP contribution is 2.42. The second-order valence-corrected chi connectivity index (χ2v) is 25.5. The minimum absolute atomic E-state index is 0. The number of piperazine rings is 1. The van der Waals surface area contributed by atoms with Gasteiger partial charge in [0.25, 0.3) is 5.91 Å². The minimum atomic E-state index is -2.04. The zero-order valence-electron chi connectivity index (χ0n) is 54.5. The van der Waals surface area contributed by atoms with Crippen molar-refractivity contribution in [2.45, 2.75) is 150 Å². The molecule has 4 aromatic carbocycles. The molecule has 9 rings (SSSR count). The molecule has 16 N–H and O–H groups in total. The summed E-state index contributed by atoms with van der Waals surface area (Å²) in [5, 5.41) is 91.6. The summed E-state index contributed by atoms with van der Waals surface area (Å²) in [4.78, 5) is 108. The molecule has 13 atom stereocenters. The topological polar surface area (TPSA) is 405 Å². The lowest BCUT2D eigenvalue weighted by molar-refractivity contribution is -0.147. The van der Waals surface area contributed by atoms with Gasteiger partial charge in [-0.05, 0) is 104 Å². The van der Waals surface area contributed by atoms with Crippen molar-refractivity contribution in [3.63, 3.8) is 0 Å². The zero-order chi connectivity index (χ0) is 67.5. The quantitative estimate of drug-likeness (QED) is 0.0637. The Kier molecular flexibility index (Phi) is 29.1. The maximum absolute atomic E-state index is 14.7. The van der Waals surface area contributed by atoms with Crippen LogP contribution in [0.3, 0.4) is 0 Å². The van der Waals surface area contributed by atoms with E-state index in [2.05, 4.69) is 72.8 Å². The summed E-state index contributed by atoms with van der Waals surface area (Å²) in [5.41, 5.74) is 15.5. The number of hydrogen-bond donors (Lipinski definition) is 14. The van der Waals surface area contributed by atoms with E-state index in [9.17, 15) is 69.3 Å². The number of halogens is 3. The molecule has 0 spiro atoms. The van der Waals surface area contributed by atoms with E-state index in [4.69, 9.17) is 20.9 Å². The predicted octanol–water partition coefficient (Wildman–Crippen LogP) is -0.434. The third-order valence-electron chi connectivity index (χ3n) is 19.0. The second kappa shape index (κ2) is 35.7. The van der Waals surface area contributed by atoms with E-state index in [1.54, 1.807) is 31.2 Å². The lowest BCUT2D eigenvalue weighted by atomic mass is 9.77. The van der Waals surface area contributed by atoms with E-state index < -0.39 is 152 Å². The molecule has 0 radical (unpaired) electrons. The largest absolute Gasteiger partial charge is 0.504 e. The van der Waals surface area contributed by atoms with Gasteiger partial charge in [-0.1, -0.05) is 67.6 Å². The highest BCUT2D eigenvalue weighted by Gasteiger charge is 2.50. The molecule has 4 saturated heterocycles. The van der Waals surface area contributed by atoms with Crippen LogP contribution in [0.5, 0.6) is 11.5 Å². The number of aromatic hydroxyl groups is 1. The average Bonchev–Trinajstić information content (AvgIpc) is 1.59. The molecule has 30 heteroatoms. The van der Waals surface area contributed by atoms with Crippen LogP contribution in [0.25, 0.3) is 11.1 Å². The Bertz CT molecular complexity index is 3280. The van der Waals surface area contributed by atoms with Crippen LogP contribution in [0, 0.1) is 5.92 Å². The number of amides is 7. The monoisotopic (exact) mass is 1410 g/mol. The van der Waals surface area contributed by atoms with Gasteiger partial charge in [-0.3, -0.25) is 38.5 Å². The molecule has 97 heavy (non-hydrogen) atoms. The number of carbonyl (C=O) groups is 7. The van der Waals surface area contributed by atoms with Gasteiger partial charge in [-0.15, -0.1) is 37.2 Å². The predicted molar refractivity (Wildman–Crippen MR) is 366 cm³/mol. The molecule has 0 bridgehead atoms. The summed E-state index contributed by atoms with van der Waals surface area (Å²) in [7, 11) is 1.81. The van der Waals surface area contributed by atoms with Gasteiger partial charge >= 0.3 is 0 Å². The molecule has 1 saturated carbocycles. The Morgan fingerprint density at radius 2 is 1.32 bits per heavy atom. The molecule has 4 aliphatic heterocycles. The van der Waals surface area contributed by atoms with E-state index >= 15 is 0 Å². The van der Waals surface area contributed by atoms with E-state index in [0.29, 0.717) is 6.04 Å². The molecule has 1 aliphatic carbocycles. The first-order chi connectivity index (χ1) is 45.0. The number of carbonyl (C=O) groups excluding carboxylic acids is 7. The van der Waals surface area contributed by atoms with E-state index in [-0.39, 0.29) is 98.1 Å². The fourth-order valence-corrected chi connectivity index (χ4v) is 13.6. The summed E-state index contributed by atoms with van der Waals surface area (Å²) in [6.07, 6.45) is -7.70. The van der Waals surface area contributed by atoms with Crippen LogP contribution in [0.2, 0.25) is 0 Å². The van der Waals surface area contributed by atoms with Crippen LogP contribution in [-0.2, 0) is 45.5 Å². The van der Waals surface area contributed by atoms with Crippen molar-refractivity contribution in [2.75, 3.05) is 77.5 Å². The van der Waals surface area contributed by atoms with Crippen molar-refractivity contribution in [1.29, 1.82) is 0 Å². The molecule has 5 fully saturated rings. The maximum atomic E-state index is 14.7. The molecule has 534 valence electrons. The number of rotatable bonds is 17. The zero-order valence-corrected chi connectivity index (χ0v) is 57.0. The Labute approximate surface area is 582 Å². The van der Waals surface area contributed by atoms with Gasteiger partial charge in [0.15, 0.2) is 11.5 Å². The van der Waals surface area contributed by atoms with Crippen LogP contribution >= 0.6 is 37.2 Å². The third kappa shape index (κ3) is 18.9. The number of phenols is 1. The number of nitrogens with zero attached hydrogens (tertiary/aromatic N) is 4. The number of aliphatic hydroxyl groups is 6. The molecule has 0 aromatic heterocycles.